The van der Waals surface area contributed by atoms with Crippen LogP contribution in [-0.2, 0) is 0 Å². The van der Waals surface area contributed by atoms with Crippen molar-refractivity contribution in [2.75, 3.05) is 0 Å². The van der Waals surface area contributed by atoms with Gasteiger partial charge in [0.15, 0.2) is 6.30 Å². The monoisotopic (exact) mass is 432 g/mol. The molecule has 2 aromatic carbocycles. The molecule has 3 aromatic heterocycles. The van der Waals surface area contributed by atoms with Crippen LogP contribution in [0.5, 0.6) is 0 Å². The maximum atomic E-state index is 13.7. The van der Waals surface area contributed by atoms with Crippen molar-refractivity contribution < 1.29 is 9.18 Å². The van der Waals surface area contributed by atoms with Gasteiger partial charge in [-0.2, -0.15) is 5.10 Å². The lowest BCUT2D eigenvalue weighted by Crippen LogP contribution is -2.10. The number of primary amides is 1. The number of nitrogens with zero attached hydrogens (tertiary/aromatic N) is 4. The molecule has 31 heavy (non-hydrogen) atoms. The number of alkyl halides is 1. The number of amides is 1. The van der Waals surface area contributed by atoms with Crippen LogP contribution in [0, 0.1) is 0 Å². The minimum Gasteiger partial charge on any atom is -0.366 e. The molecule has 0 saturated carbocycles. The lowest BCUT2D eigenvalue weighted by molar-refractivity contribution is 0.100. The molecule has 5 aromatic rings. The van der Waals surface area contributed by atoms with E-state index in [0.717, 1.165) is 21.3 Å². The highest BCUT2D eigenvalue weighted by atomic mass is 32.1. The van der Waals surface area contributed by atoms with Gasteiger partial charge >= 0.3 is 0 Å². The fourth-order valence-corrected chi connectivity index (χ4v) is 4.08. The van der Waals surface area contributed by atoms with Gasteiger partial charge in [0.1, 0.15) is 11.5 Å². The number of H-pyrrole nitrogens is 1. The van der Waals surface area contributed by atoms with Crippen molar-refractivity contribution >= 4 is 27.5 Å². The Kier molecular flexibility index (Phi) is 4.59. The van der Waals surface area contributed by atoms with Crippen molar-refractivity contribution in [3.8, 4) is 34.0 Å². The molecule has 9 heteroatoms. The molecule has 0 saturated heterocycles. The van der Waals surface area contributed by atoms with Gasteiger partial charge in [0.2, 0.25) is 5.91 Å². The molecular weight excluding hydrogens is 415 g/mol. The number of thiazole rings is 1. The quantitative estimate of drug-likeness (QED) is 0.416. The maximum Gasteiger partial charge on any atom is 0.248 e. The Bertz CT molecular complexity index is 1400. The summed E-state index contributed by atoms with van der Waals surface area (Å²) in [7, 11) is 0. The number of rotatable bonds is 5. The van der Waals surface area contributed by atoms with Crippen LogP contribution in [0.4, 0.5) is 4.39 Å². The number of hydrogen-bond donors (Lipinski definition) is 2. The topological polar surface area (TPSA) is 102 Å². The number of carbonyl (C=O) groups excluding carboxylic acids is 1. The second-order valence-electron chi connectivity index (χ2n) is 7.04. The molecular formula is C22H17FN6OS. The fourth-order valence-electron chi connectivity index (χ4n) is 3.37. The van der Waals surface area contributed by atoms with Crippen LogP contribution >= 0.6 is 11.3 Å². The molecule has 1 amide bonds. The van der Waals surface area contributed by atoms with E-state index in [9.17, 15) is 9.18 Å². The molecule has 0 aliphatic heterocycles. The Morgan fingerprint density at radius 2 is 1.94 bits per heavy atom. The third-order valence-electron chi connectivity index (χ3n) is 4.98. The first-order chi connectivity index (χ1) is 15.0. The smallest absolute Gasteiger partial charge is 0.248 e. The molecule has 0 bridgehead atoms. The Morgan fingerprint density at radius 1 is 1.16 bits per heavy atom. The number of hydrogen-bond acceptors (Lipinski definition) is 5. The number of carbonyl (C=O) groups is 1. The highest BCUT2D eigenvalue weighted by Gasteiger charge is 2.19. The van der Waals surface area contributed by atoms with Crippen molar-refractivity contribution in [3.63, 3.8) is 0 Å². The normalized spacial score (nSPS) is 12.3. The molecule has 1 atom stereocenters. The predicted molar refractivity (Wildman–Crippen MR) is 118 cm³/mol. The highest BCUT2D eigenvalue weighted by molar-refractivity contribution is 7.16. The van der Waals surface area contributed by atoms with Gasteiger partial charge in [-0.3, -0.25) is 4.79 Å². The zero-order valence-corrected chi connectivity index (χ0v) is 17.2. The number of fused-ring (bicyclic) bond motifs is 1. The number of benzene rings is 2. The number of imidazole rings is 1. The second-order valence-corrected chi connectivity index (χ2v) is 7.93. The Hall–Kier alpha value is -3.85. The van der Waals surface area contributed by atoms with Crippen molar-refractivity contribution in [3.05, 3.63) is 65.8 Å². The number of nitrogens with one attached hydrogen (secondary N) is 1. The van der Waals surface area contributed by atoms with Crippen LogP contribution in [-0.4, -0.2) is 30.6 Å². The molecule has 7 nitrogen and oxygen atoms in total. The van der Waals surface area contributed by atoms with Crippen molar-refractivity contribution in [1.29, 1.82) is 0 Å². The average molecular weight is 432 g/mol. The maximum absolute atomic E-state index is 13.7. The lowest BCUT2D eigenvalue weighted by atomic mass is 10.1. The van der Waals surface area contributed by atoms with Gasteiger partial charge in [-0.15, -0.1) is 11.3 Å². The van der Waals surface area contributed by atoms with E-state index in [1.54, 1.807) is 53.4 Å². The summed E-state index contributed by atoms with van der Waals surface area (Å²) < 4.78 is 16.0. The van der Waals surface area contributed by atoms with Gasteiger partial charge in [0, 0.05) is 22.9 Å². The first-order valence-corrected chi connectivity index (χ1v) is 10.4. The van der Waals surface area contributed by atoms with E-state index in [4.69, 9.17) is 10.7 Å². The molecule has 3 heterocycles. The first kappa shape index (κ1) is 19.1. The van der Waals surface area contributed by atoms with Gasteiger partial charge in [-0.1, -0.05) is 18.2 Å². The molecule has 0 spiro atoms. The van der Waals surface area contributed by atoms with E-state index in [1.165, 1.54) is 11.6 Å². The summed E-state index contributed by atoms with van der Waals surface area (Å²) in [5.74, 6) is 0.115. The SMILES string of the molecule is CC(F)n1ccc(-c2[nH]c(-c3ccc(C(N)=O)cc3)nc2-c2ccc3ncsc3c2)n1. The number of nitrogens with two attached hydrogens (primary N) is 1. The molecule has 0 radical (unpaired) electrons. The standard InChI is InChI=1S/C22H17FN6OS/c1-12(23)29-9-8-17(28-29)20-19(15-6-7-16-18(10-15)31-11-25-16)26-22(27-20)14-4-2-13(3-5-14)21(24)30/h2-12H,1H3,(H2,24,30)(H,26,27). The Balaban J connectivity index is 1.66. The van der Waals surface area contributed by atoms with E-state index in [-0.39, 0.29) is 0 Å². The summed E-state index contributed by atoms with van der Waals surface area (Å²) in [5, 5.41) is 4.36. The number of aromatic nitrogens is 5. The number of aromatic amines is 1. The molecule has 5 rings (SSSR count). The molecule has 1 unspecified atom stereocenters. The summed E-state index contributed by atoms with van der Waals surface area (Å²) in [6.45, 7) is 1.42. The number of halogens is 1. The summed E-state index contributed by atoms with van der Waals surface area (Å²) in [4.78, 5) is 23.8. The van der Waals surface area contributed by atoms with Crippen LogP contribution in [0.15, 0.2) is 60.2 Å². The summed E-state index contributed by atoms with van der Waals surface area (Å²) in [6.07, 6.45) is 0.354. The summed E-state index contributed by atoms with van der Waals surface area (Å²) in [5.41, 5.74) is 12.1. The van der Waals surface area contributed by atoms with E-state index in [1.807, 2.05) is 18.2 Å². The van der Waals surface area contributed by atoms with Crippen molar-refractivity contribution in [2.45, 2.75) is 13.2 Å². The predicted octanol–water partition coefficient (Wildman–Crippen LogP) is 4.80. The zero-order valence-electron chi connectivity index (χ0n) is 16.4. The van der Waals surface area contributed by atoms with E-state index >= 15 is 0 Å². The zero-order chi connectivity index (χ0) is 21.5. The van der Waals surface area contributed by atoms with E-state index in [0.29, 0.717) is 28.5 Å². The van der Waals surface area contributed by atoms with Crippen molar-refractivity contribution in [1.82, 2.24) is 24.7 Å². The largest absolute Gasteiger partial charge is 0.366 e. The third kappa shape index (κ3) is 3.49. The van der Waals surface area contributed by atoms with E-state index < -0.39 is 12.2 Å². The van der Waals surface area contributed by atoms with Crippen LogP contribution < -0.4 is 5.73 Å². The van der Waals surface area contributed by atoms with Gasteiger partial charge in [0.25, 0.3) is 0 Å². The van der Waals surface area contributed by atoms with Crippen LogP contribution in [0.1, 0.15) is 23.6 Å². The molecule has 3 N–H and O–H groups in total. The highest BCUT2D eigenvalue weighted by Crippen LogP contribution is 2.34. The van der Waals surface area contributed by atoms with Gasteiger partial charge < -0.3 is 10.7 Å². The summed E-state index contributed by atoms with van der Waals surface area (Å²) in [6, 6.07) is 14.5. The van der Waals surface area contributed by atoms with Gasteiger partial charge in [-0.25, -0.2) is 19.0 Å². The summed E-state index contributed by atoms with van der Waals surface area (Å²) >= 11 is 1.55. The lowest BCUT2D eigenvalue weighted by Gasteiger charge is -2.02. The first-order valence-electron chi connectivity index (χ1n) is 9.53. The van der Waals surface area contributed by atoms with Gasteiger partial charge in [0.05, 0.1) is 27.1 Å². The molecule has 0 fully saturated rings. The third-order valence-corrected chi connectivity index (χ3v) is 5.77. The van der Waals surface area contributed by atoms with Crippen LogP contribution in [0.25, 0.3) is 44.2 Å². The Labute approximate surface area is 180 Å². The molecule has 0 aliphatic carbocycles. The van der Waals surface area contributed by atoms with E-state index in [2.05, 4.69) is 15.1 Å². The van der Waals surface area contributed by atoms with Crippen LogP contribution in [0.2, 0.25) is 0 Å². The van der Waals surface area contributed by atoms with Crippen molar-refractivity contribution in [2.24, 2.45) is 5.73 Å². The Morgan fingerprint density at radius 3 is 2.65 bits per heavy atom. The molecule has 0 aliphatic rings. The minimum atomic E-state index is -1.24. The second kappa shape index (κ2) is 7.44. The van der Waals surface area contributed by atoms with Gasteiger partial charge in [-0.05, 0) is 37.3 Å². The minimum absolute atomic E-state index is 0.419. The fraction of sp³-hybridized carbons (Fsp3) is 0.0909. The molecule has 154 valence electrons. The average Bonchev–Trinajstić information content (AvgIpc) is 3.51. The van der Waals surface area contributed by atoms with Crippen LogP contribution in [0.3, 0.4) is 0 Å².